The van der Waals surface area contributed by atoms with Crippen molar-refractivity contribution < 1.29 is 19.2 Å². The second kappa shape index (κ2) is 5.85. The van der Waals surface area contributed by atoms with Gasteiger partial charge in [-0.3, -0.25) is 20.3 Å². The van der Waals surface area contributed by atoms with Crippen molar-refractivity contribution in [3.8, 4) is 0 Å². The summed E-state index contributed by atoms with van der Waals surface area (Å²) < 4.78 is 5.11. The summed E-state index contributed by atoms with van der Waals surface area (Å²) in [7, 11) is 0. The van der Waals surface area contributed by atoms with E-state index in [1.54, 1.807) is 24.3 Å². The Morgan fingerprint density at radius 2 is 1.83 bits per heavy atom. The van der Waals surface area contributed by atoms with Crippen molar-refractivity contribution in [2.45, 2.75) is 6.23 Å². The summed E-state index contributed by atoms with van der Waals surface area (Å²) in [5.41, 5.74) is 6.24. The molecule has 0 radical (unpaired) electrons. The molecule has 2 aromatic rings. The zero-order chi connectivity index (χ0) is 16.4. The minimum Gasteiger partial charge on any atom is -0.437 e. The number of fused-ring (bicyclic) bond motifs is 1. The molecule has 0 aromatic heterocycles. The van der Waals surface area contributed by atoms with Crippen LogP contribution in [0.2, 0.25) is 0 Å². The highest BCUT2D eigenvalue weighted by atomic mass is 16.6. The highest BCUT2D eigenvalue weighted by Crippen LogP contribution is 2.27. The number of nitrogens with zero attached hydrogens (tertiary/aromatic N) is 1. The van der Waals surface area contributed by atoms with Crippen LogP contribution in [0.5, 0.6) is 0 Å². The van der Waals surface area contributed by atoms with Crippen molar-refractivity contribution in [1.29, 1.82) is 0 Å². The number of nitro benzene ring substituents is 1. The largest absolute Gasteiger partial charge is 0.437 e. The molecule has 0 aliphatic carbocycles. The quantitative estimate of drug-likeness (QED) is 0.505. The first kappa shape index (κ1) is 14.7. The third-order valence-corrected chi connectivity index (χ3v) is 3.35. The van der Waals surface area contributed by atoms with Gasteiger partial charge in [-0.25, -0.2) is 4.79 Å². The van der Waals surface area contributed by atoms with Gasteiger partial charge in [0.2, 0.25) is 0 Å². The normalized spacial score (nSPS) is 15.7. The Balaban J connectivity index is 1.66. The predicted octanol–water partition coefficient (Wildman–Crippen LogP) is 1.70. The monoisotopic (exact) mass is 313 g/mol. The van der Waals surface area contributed by atoms with E-state index in [0.717, 1.165) is 0 Å². The van der Waals surface area contributed by atoms with Gasteiger partial charge >= 0.3 is 5.97 Å². The zero-order valence-corrected chi connectivity index (χ0v) is 11.7. The molecule has 1 atom stereocenters. The fourth-order valence-electron chi connectivity index (χ4n) is 2.19. The lowest BCUT2D eigenvalue weighted by Gasteiger charge is -2.13. The molecule has 0 spiro atoms. The number of nitrogens with one attached hydrogen (secondary N) is 2. The number of hydrazine groups is 1. The maximum absolute atomic E-state index is 12.0. The SMILES string of the molecule is O=C(NN[C@H]1OC(=O)c2ccccc21)c1ccc([N+](=O)[O-])cc1. The molecule has 3 rings (SSSR count). The molecule has 1 aliphatic rings. The summed E-state index contributed by atoms with van der Waals surface area (Å²) in [4.78, 5) is 33.7. The third kappa shape index (κ3) is 2.87. The molecule has 0 unspecified atom stereocenters. The minimum atomic E-state index is -0.777. The highest BCUT2D eigenvalue weighted by Gasteiger charge is 2.30. The molecule has 116 valence electrons. The summed E-state index contributed by atoms with van der Waals surface area (Å²) >= 11 is 0. The number of carbonyl (C=O) groups excluding carboxylic acids is 2. The number of non-ortho nitro benzene ring substituents is 1. The highest BCUT2D eigenvalue weighted by molar-refractivity contribution is 5.95. The summed E-state index contributed by atoms with van der Waals surface area (Å²) in [5.74, 6) is -0.969. The van der Waals surface area contributed by atoms with Crippen LogP contribution in [0, 0.1) is 10.1 Å². The van der Waals surface area contributed by atoms with Gasteiger partial charge in [-0.1, -0.05) is 18.2 Å². The van der Waals surface area contributed by atoms with Crippen LogP contribution in [0.25, 0.3) is 0 Å². The van der Waals surface area contributed by atoms with Crippen LogP contribution < -0.4 is 10.9 Å². The van der Waals surface area contributed by atoms with Crippen LogP contribution in [0.1, 0.15) is 32.5 Å². The standard InChI is InChI=1S/C15H11N3O5/c19-13(9-5-7-10(8-6-9)18(21)22)16-17-14-11-3-1-2-4-12(11)15(20)23-14/h1-8,14,17H,(H,16,19)/t14-/m0/s1. The average Bonchev–Trinajstić information content (AvgIpc) is 2.89. The van der Waals surface area contributed by atoms with E-state index < -0.39 is 23.0 Å². The molecule has 1 aliphatic heterocycles. The van der Waals surface area contributed by atoms with Crippen LogP contribution in [-0.2, 0) is 4.74 Å². The van der Waals surface area contributed by atoms with Gasteiger partial charge in [-0.15, -0.1) is 0 Å². The van der Waals surface area contributed by atoms with E-state index in [9.17, 15) is 19.7 Å². The number of ether oxygens (including phenoxy) is 1. The Morgan fingerprint density at radius 1 is 1.13 bits per heavy atom. The Kier molecular flexibility index (Phi) is 3.73. The van der Waals surface area contributed by atoms with Crippen molar-refractivity contribution in [3.63, 3.8) is 0 Å². The van der Waals surface area contributed by atoms with E-state index in [1.807, 2.05) is 0 Å². The molecule has 0 bridgehead atoms. The molecule has 8 heteroatoms. The number of rotatable bonds is 4. The maximum Gasteiger partial charge on any atom is 0.340 e. The zero-order valence-electron chi connectivity index (χ0n) is 11.7. The van der Waals surface area contributed by atoms with Gasteiger partial charge in [0.1, 0.15) is 0 Å². The topological polar surface area (TPSA) is 111 Å². The number of esters is 1. The van der Waals surface area contributed by atoms with Gasteiger partial charge in [-0.2, -0.15) is 5.43 Å². The fraction of sp³-hybridized carbons (Fsp3) is 0.0667. The second-order valence-electron chi connectivity index (χ2n) is 4.78. The van der Waals surface area contributed by atoms with Crippen molar-refractivity contribution in [1.82, 2.24) is 10.9 Å². The van der Waals surface area contributed by atoms with Crippen molar-refractivity contribution in [2.75, 3.05) is 0 Å². The average molecular weight is 313 g/mol. The minimum absolute atomic E-state index is 0.104. The smallest absolute Gasteiger partial charge is 0.340 e. The van der Waals surface area contributed by atoms with Crippen molar-refractivity contribution in [2.24, 2.45) is 0 Å². The van der Waals surface area contributed by atoms with Gasteiger partial charge in [0.05, 0.1) is 10.5 Å². The Bertz CT molecular complexity index is 788. The molecule has 8 nitrogen and oxygen atoms in total. The third-order valence-electron chi connectivity index (χ3n) is 3.35. The molecule has 0 saturated carbocycles. The number of amides is 1. The number of carbonyl (C=O) groups is 2. The summed E-state index contributed by atoms with van der Waals surface area (Å²) in [6.07, 6.45) is -0.777. The van der Waals surface area contributed by atoms with Gasteiger partial charge in [0, 0.05) is 23.3 Å². The molecule has 23 heavy (non-hydrogen) atoms. The summed E-state index contributed by atoms with van der Waals surface area (Å²) in [6, 6.07) is 12.0. The lowest BCUT2D eigenvalue weighted by atomic mass is 10.1. The number of nitro groups is 1. The Hall–Kier alpha value is -3.26. The molecular formula is C15H11N3O5. The van der Waals surface area contributed by atoms with E-state index in [0.29, 0.717) is 11.1 Å². The van der Waals surface area contributed by atoms with E-state index in [-0.39, 0.29) is 11.3 Å². The van der Waals surface area contributed by atoms with Crippen molar-refractivity contribution in [3.05, 3.63) is 75.3 Å². The maximum atomic E-state index is 12.0. The molecule has 1 heterocycles. The van der Waals surface area contributed by atoms with E-state index in [4.69, 9.17) is 4.74 Å². The first-order valence-electron chi connectivity index (χ1n) is 6.66. The van der Waals surface area contributed by atoms with E-state index in [2.05, 4.69) is 10.9 Å². The Morgan fingerprint density at radius 3 is 2.52 bits per heavy atom. The summed E-state index contributed by atoms with van der Waals surface area (Å²) in [6.45, 7) is 0. The fourth-order valence-corrected chi connectivity index (χ4v) is 2.19. The molecule has 0 fully saturated rings. The molecule has 2 N–H and O–H groups in total. The molecule has 2 aromatic carbocycles. The van der Waals surface area contributed by atoms with Gasteiger partial charge in [-0.05, 0) is 18.2 Å². The number of benzene rings is 2. The van der Waals surface area contributed by atoms with Gasteiger partial charge in [0.25, 0.3) is 11.6 Å². The Labute approximate surface area is 130 Å². The second-order valence-corrected chi connectivity index (χ2v) is 4.78. The van der Waals surface area contributed by atoms with Crippen LogP contribution in [0.4, 0.5) is 5.69 Å². The van der Waals surface area contributed by atoms with Crippen LogP contribution >= 0.6 is 0 Å². The van der Waals surface area contributed by atoms with Crippen LogP contribution in [0.15, 0.2) is 48.5 Å². The van der Waals surface area contributed by atoms with Crippen LogP contribution in [-0.4, -0.2) is 16.8 Å². The summed E-state index contributed by atoms with van der Waals surface area (Å²) in [5, 5.41) is 10.6. The number of hydrogen-bond acceptors (Lipinski definition) is 6. The molecular weight excluding hydrogens is 302 g/mol. The van der Waals surface area contributed by atoms with Gasteiger partial charge < -0.3 is 4.74 Å². The number of cyclic esters (lactones) is 1. The first-order chi connectivity index (χ1) is 11.1. The van der Waals surface area contributed by atoms with Crippen molar-refractivity contribution >= 4 is 17.6 Å². The molecule has 1 amide bonds. The number of hydrogen-bond donors (Lipinski definition) is 2. The van der Waals surface area contributed by atoms with E-state index >= 15 is 0 Å². The molecule has 0 saturated heterocycles. The first-order valence-corrected chi connectivity index (χ1v) is 6.66. The predicted molar refractivity (Wildman–Crippen MR) is 78.3 cm³/mol. The van der Waals surface area contributed by atoms with Crippen LogP contribution in [0.3, 0.4) is 0 Å². The van der Waals surface area contributed by atoms with E-state index in [1.165, 1.54) is 24.3 Å². The van der Waals surface area contributed by atoms with Gasteiger partial charge in [0.15, 0.2) is 6.23 Å². The lowest BCUT2D eigenvalue weighted by molar-refractivity contribution is -0.384. The lowest BCUT2D eigenvalue weighted by Crippen LogP contribution is -2.40.